The fraction of sp³-hybridized carbons (Fsp3) is 0.938. The molecule has 1 N–H and O–H groups in total. The van der Waals surface area contributed by atoms with Crippen molar-refractivity contribution < 1.29 is 4.79 Å². The van der Waals surface area contributed by atoms with Gasteiger partial charge in [-0.3, -0.25) is 9.69 Å². The molecule has 0 radical (unpaired) electrons. The number of likely N-dealkylation sites (tertiary alicyclic amines) is 1. The molecule has 0 unspecified atom stereocenters. The van der Waals surface area contributed by atoms with Gasteiger partial charge in [0.1, 0.15) is 0 Å². The maximum atomic E-state index is 12.5. The van der Waals surface area contributed by atoms with Crippen molar-refractivity contribution in [2.24, 2.45) is 11.8 Å². The summed E-state index contributed by atoms with van der Waals surface area (Å²) in [6, 6.07) is 0. The normalized spacial score (nSPS) is 32.0. The second-order valence-electron chi connectivity index (χ2n) is 6.85. The predicted octanol–water partition coefficient (Wildman–Crippen LogP) is 0.0819. The summed E-state index contributed by atoms with van der Waals surface area (Å²) in [6.07, 6.45) is 2.38. The van der Waals surface area contributed by atoms with Crippen molar-refractivity contribution in [1.29, 1.82) is 0 Å². The SMILES string of the molecule is CCN1CCN(CC(=O)N2CC[C@@H]3CNC[C@@H]3CC2)CC1. The summed E-state index contributed by atoms with van der Waals surface area (Å²) >= 11 is 0. The molecule has 2 atom stereocenters. The zero-order valence-corrected chi connectivity index (χ0v) is 13.4. The van der Waals surface area contributed by atoms with Crippen LogP contribution < -0.4 is 5.32 Å². The smallest absolute Gasteiger partial charge is 0.236 e. The van der Waals surface area contributed by atoms with Crippen LogP contribution in [0.1, 0.15) is 19.8 Å². The first-order chi connectivity index (χ1) is 10.3. The van der Waals surface area contributed by atoms with Gasteiger partial charge in [0.05, 0.1) is 6.54 Å². The molecular weight excluding hydrogens is 264 g/mol. The number of amides is 1. The van der Waals surface area contributed by atoms with Gasteiger partial charge in [0.15, 0.2) is 0 Å². The molecular formula is C16H30N4O. The number of hydrogen-bond acceptors (Lipinski definition) is 4. The molecule has 3 aliphatic heterocycles. The Balaban J connectivity index is 1.45. The Kier molecular flexibility index (Phi) is 5.14. The molecule has 5 heteroatoms. The fourth-order valence-corrected chi connectivity index (χ4v) is 4.02. The van der Waals surface area contributed by atoms with Gasteiger partial charge in [0, 0.05) is 39.3 Å². The molecule has 120 valence electrons. The topological polar surface area (TPSA) is 38.8 Å². The van der Waals surface area contributed by atoms with Gasteiger partial charge in [0.2, 0.25) is 5.91 Å². The lowest BCUT2D eigenvalue weighted by Gasteiger charge is -2.34. The Morgan fingerprint density at radius 1 is 0.952 bits per heavy atom. The van der Waals surface area contributed by atoms with Gasteiger partial charge in [-0.05, 0) is 44.3 Å². The molecule has 0 saturated carbocycles. The van der Waals surface area contributed by atoms with Crippen molar-refractivity contribution in [3.63, 3.8) is 0 Å². The average molecular weight is 294 g/mol. The summed E-state index contributed by atoms with van der Waals surface area (Å²) in [5.41, 5.74) is 0. The van der Waals surface area contributed by atoms with E-state index in [-0.39, 0.29) is 0 Å². The van der Waals surface area contributed by atoms with Crippen LogP contribution >= 0.6 is 0 Å². The van der Waals surface area contributed by atoms with Crippen LogP contribution in [-0.4, -0.2) is 86.1 Å². The van der Waals surface area contributed by atoms with Crippen molar-refractivity contribution in [2.45, 2.75) is 19.8 Å². The van der Waals surface area contributed by atoms with Gasteiger partial charge in [-0.15, -0.1) is 0 Å². The summed E-state index contributed by atoms with van der Waals surface area (Å²) in [5.74, 6) is 1.96. The highest BCUT2D eigenvalue weighted by molar-refractivity contribution is 5.78. The first kappa shape index (κ1) is 15.3. The van der Waals surface area contributed by atoms with E-state index in [0.717, 1.165) is 70.7 Å². The number of rotatable bonds is 3. The molecule has 1 amide bonds. The van der Waals surface area contributed by atoms with Crippen molar-refractivity contribution in [3.05, 3.63) is 0 Å². The van der Waals surface area contributed by atoms with Gasteiger partial charge in [0.25, 0.3) is 0 Å². The second-order valence-corrected chi connectivity index (χ2v) is 6.85. The number of nitrogens with one attached hydrogen (secondary N) is 1. The van der Waals surface area contributed by atoms with E-state index < -0.39 is 0 Å². The maximum Gasteiger partial charge on any atom is 0.236 e. The largest absolute Gasteiger partial charge is 0.342 e. The lowest BCUT2D eigenvalue weighted by molar-refractivity contribution is -0.132. The van der Waals surface area contributed by atoms with Gasteiger partial charge < -0.3 is 15.1 Å². The number of nitrogens with zero attached hydrogens (tertiary/aromatic N) is 3. The Labute approximate surface area is 128 Å². The number of hydrogen-bond donors (Lipinski definition) is 1. The summed E-state index contributed by atoms with van der Waals surface area (Å²) in [6.45, 7) is 12.5. The summed E-state index contributed by atoms with van der Waals surface area (Å²) in [7, 11) is 0. The van der Waals surface area contributed by atoms with Gasteiger partial charge in [-0.25, -0.2) is 0 Å². The van der Waals surface area contributed by atoms with E-state index in [1.807, 2.05) is 0 Å². The standard InChI is InChI=1S/C16H30N4O/c1-2-18-7-9-19(10-8-18)13-16(21)20-5-3-14-11-17-12-15(14)4-6-20/h14-15,17H,2-13H2,1H3/t14-,15+. The Hall–Kier alpha value is -0.650. The highest BCUT2D eigenvalue weighted by Gasteiger charge is 2.31. The van der Waals surface area contributed by atoms with E-state index in [4.69, 9.17) is 0 Å². The Morgan fingerprint density at radius 2 is 1.52 bits per heavy atom. The van der Waals surface area contributed by atoms with Crippen LogP contribution in [-0.2, 0) is 4.79 Å². The fourth-order valence-electron chi connectivity index (χ4n) is 4.02. The third kappa shape index (κ3) is 3.76. The lowest BCUT2D eigenvalue weighted by Crippen LogP contribution is -2.50. The molecule has 3 fully saturated rings. The molecule has 0 aliphatic carbocycles. The first-order valence-corrected chi connectivity index (χ1v) is 8.69. The van der Waals surface area contributed by atoms with E-state index >= 15 is 0 Å². The lowest BCUT2D eigenvalue weighted by atomic mass is 9.92. The van der Waals surface area contributed by atoms with Crippen LogP contribution in [0.4, 0.5) is 0 Å². The quantitative estimate of drug-likeness (QED) is 0.800. The molecule has 0 aromatic carbocycles. The van der Waals surface area contributed by atoms with Crippen LogP contribution in [0.2, 0.25) is 0 Å². The number of likely N-dealkylation sites (N-methyl/N-ethyl adjacent to an activating group) is 1. The van der Waals surface area contributed by atoms with Crippen LogP contribution in [0.3, 0.4) is 0 Å². The zero-order valence-electron chi connectivity index (χ0n) is 13.4. The van der Waals surface area contributed by atoms with Gasteiger partial charge >= 0.3 is 0 Å². The molecule has 21 heavy (non-hydrogen) atoms. The van der Waals surface area contributed by atoms with Gasteiger partial charge in [-0.1, -0.05) is 6.92 Å². The minimum absolute atomic E-state index is 0.355. The van der Waals surface area contributed by atoms with E-state index in [1.165, 1.54) is 12.8 Å². The predicted molar refractivity (Wildman–Crippen MR) is 84.2 cm³/mol. The van der Waals surface area contributed by atoms with Crippen molar-refractivity contribution in [1.82, 2.24) is 20.0 Å². The van der Waals surface area contributed by atoms with Crippen LogP contribution in [0.5, 0.6) is 0 Å². The molecule has 3 saturated heterocycles. The minimum atomic E-state index is 0.355. The zero-order chi connectivity index (χ0) is 14.7. The first-order valence-electron chi connectivity index (χ1n) is 8.69. The molecule has 0 aromatic heterocycles. The van der Waals surface area contributed by atoms with Gasteiger partial charge in [-0.2, -0.15) is 0 Å². The molecule has 0 bridgehead atoms. The molecule has 3 heterocycles. The van der Waals surface area contributed by atoms with Crippen LogP contribution in [0.15, 0.2) is 0 Å². The minimum Gasteiger partial charge on any atom is -0.342 e. The second kappa shape index (κ2) is 7.07. The summed E-state index contributed by atoms with van der Waals surface area (Å²) in [5, 5.41) is 3.50. The van der Waals surface area contributed by atoms with E-state index in [1.54, 1.807) is 0 Å². The molecule has 0 aromatic rings. The Bertz CT molecular complexity index is 340. The van der Waals surface area contributed by atoms with Crippen molar-refractivity contribution in [2.75, 3.05) is 65.4 Å². The van der Waals surface area contributed by atoms with Crippen LogP contribution in [0, 0.1) is 11.8 Å². The average Bonchev–Trinajstić information content (AvgIpc) is 2.86. The van der Waals surface area contributed by atoms with Crippen molar-refractivity contribution in [3.8, 4) is 0 Å². The Morgan fingerprint density at radius 3 is 2.10 bits per heavy atom. The van der Waals surface area contributed by atoms with Crippen LogP contribution in [0.25, 0.3) is 0 Å². The summed E-state index contributed by atoms with van der Waals surface area (Å²) < 4.78 is 0. The molecule has 3 rings (SSSR count). The highest BCUT2D eigenvalue weighted by Crippen LogP contribution is 2.27. The number of piperazine rings is 1. The third-order valence-electron chi connectivity index (χ3n) is 5.64. The maximum absolute atomic E-state index is 12.5. The summed E-state index contributed by atoms with van der Waals surface area (Å²) in [4.78, 5) is 19.5. The van der Waals surface area contributed by atoms with E-state index in [0.29, 0.717) is 12.5 Å². The molecule has 3 aliphatic rings. The number of carbonyl (C=O) groups is 1. The van der Waals surface area contributed by atoms with E-state index in [2.05, 4.69) is 26.9 Å². The third-order valence-corrected chi connectivity index (χ3v) is 5.64. The molecule has 5 nitrogen and oxygen atoms in total. The van der Waals surface area contributed by atoms with Crippen molar-refractivity contribution >= 4 is 5.91 Å². The monoisotopic (exact) mass is 294 g/mol. The highest BCUT2D eigenvalue weighted by atomic mass is 16.2. The van der Waals surface area contributed by atoms with E-state index in [9.17, 15) is 4.79 Å². The molecule has 0 spiro atoms. The number of fused-ring (bicyclic) bond motifs is 1. The number of carbonyl (C=O) groups excluding carboxylic acids is 1.